The normalized spacial score (nSPS) is 22.5. The topological polar surface area (TPSA) is 42.1 Å². The van der Waals surface area contributed by atoms with E-state index in [1.165, 1.54) is 4.90 Å². The number of carbonyl (C=O) groups excluding carboxylic acids is 1. The van der Waals surface area contributed by atoms with Gasteiger partial charge in [0.05, 0.1) is 31.5 Å². The van der Waals surface area contributed by atoms with Gasteiger partial charge in [0, 0.05) is 29.3 Å². The lowest BCUT2D eigenvalue weighted by Gasteiger charge is -2.39. The summed E-state index contributed by atoms with van der Waals surface area (Å²) in [4.78, 5) is 16.2. The fraction of sp³-hybridized carbons (Fsp3) is 0.588. The molecule has 0 saturated carbocycles. The molecule has 5 heteroatoms. The highest BCUT2D eigenvalue weighted by molar-refractivity contribution is 7.99. The number of hydrogen-bond donors (Lipinski definition) is 0. The van der Waals surface area contributed by atoms with Gasteiger partial charge in [-0.2, -0.15) is 0 Å². The maximum atomic E-state index is 12.8. The molecule has 0 bridgehead atoms. The number of benzene rings is 1. The van der Waals surface area contributed by atoms with Gasteiger partial charge in [0.2, 0.25) is 0 Å². The van der Waals surface area contributed by atoms with E-state index in [1.54, 1.807) is 11.8 Å². The van der Waals surface area contributed by atoms with Crippen LogP contribution in [0.5, 0.6) is 0 Å². The number of Topliss-reactive ketones (excluding diaryl/α,β-unsaturated/α-hetero) is 1. The fourth-order valence-corrected chi connectivity index (χ4v) is 3.57. The molecule has 0 aliphatic carbocycles. The lowest BCUT2D eigenvalue weighted by Crippen LogP contribution is -2.54. The molecule has 2 aliphatic rings. The second-order valence-electron chi connectivity index (χ2n) is 6.28. The standard InChI is InChI=1S/C17H23NO3S/c1-17(2,18-7-9-20-10-8-18)16(19)13-3-5-15(6-4-13)22-12-14-11-21-14/h3-6,14H,7-12H2,1-2H3. The molecule has 1 unspecified atom stereocenters. The van der Waals surface area contributed by atoms with Crippen molar-refractivity contribution >= 4 is 17.5 Å². The average Bonchev–Trinajstić information content (AvgIpc) is 3.38. The molecule has 1 atom stereocenters. The van der Waals surface area contributed by atoms with Gasteiger partial charge in [-0.15, -0.1) is 11.8 Å². The van der Waals surface area contributed by atoms with Gasteiger partial charge in [0.25, 0.3) is 0 Å². The Balaban J connectivity index is 1.64. The van der Waals surface area contributed by atoms with Gasteiger partial charge in [-0.1, -0.05) is 12.1 Å². The van der Waals surface area contributed by atoms with Crippen LogP contribution in [0, 0.1) is 0 Å². The first-order valence-corrected chi connectivity index (χ1v) is 8.78. The van der Waals surface area contributed by atoms with Crippen molar-refractivity contribution in [3.63, 3.8) is 0 Å². The van der Waals surface area contributed by atoms with E-state index in [2.05, 4.69) is 4.90 Å². The molecule has 0 N–H and O–H groups in total. The Morgan fingerprint density at radius 3 is 2.50 bits per heavy atom. The van der Waals surface area contributed by atoms with Crippen LogP contribution >= 0.6 is 11.8 Å². The van der Waals surface area contributed by atoms with Crippen molar-refractivity contribution in [2.24, 2.45) is 0 Å². The molecule has 0 amide bonds. The Labute approximate surface area is 136 Å². The Kier molecular flexibility index (Phi) is 4.88. The minimum atomic E-state index is -0.486. The van der Waals surface area contributed by atoms with E-state index in [0.29, 0.717) is 19.3 Å². The first-order valence-electron chi connectivity index (χ1n) is 7.79. The highest BCUT2D eigenvalue weighted by atomic mass is 32.2. The number of morpholine rings is 1. The van der Waals surface area contributed by atoms with E-state index >= 15 is 0 Å². The summed E-state index contributed by atoms with van der Waals surface area (Å²) in [7, 11) is 0. The summed E-state index contributed by atoms with van der Waals surface area (Å²) < 4.78 is 10.6. The molecule has 1 aromatic rings. The van der Waals surface area contributed by atoms with Crippen molar-refractivity contribution in [3.8, 4) is 0 Å². The van der Waals surface area contributed by atoms with Crippen molar-refractivity contribution in [3.05, 3.63) is 29.8 Å². The van der Waals surface area contributed by atoms with Gasteiger partial charge in [-0.3, -0.25) is 9.69 Å². The molecule has 22 heavy (non-hydrogen) atoms. The molecule has 1 aromatic carbocycles. The average molecular weight is 321 g/mol. The molecule has 2 saturated heterocycles. The van der Waals surface area contributed by atoms with Gasteiger partial charge in [-0.05, 0) is 26.0 Å². The number of thioether (sulfide) groups is 1. The quantitative estimate of drug-likeness (QED) is 0.457. The van der Waals surface area contributed by atoms with Crippen LogP contribution in [0.3, 0.4) is 0 Å². The summed E-state index contributed by atoms with van der Waals surface area (Å²) in [5, 5.41) is 0. The molecule has 120 valence electrons. The fourth-order valence-electron chi connectivity index (χ4n) is 2.68. The lowest BCUT2D eigenvalue weighted by atomic mass is 9.91. The van der Waals surface area contributed by atoms with Crippen molar-refractivity contribution < 1.29 is 14.3 Å². The number of ether oxygens (including phenoxy) is 2. The number of carbonyl (C=O) groups is 1. The number of hydrogen-bond acceptors (Lipinski definition) is 5. The summed E-state index contributed by atoms with van der Waals surface area (Å²) >= 11 is 1.78. The third kappa shape index (κ3) is 3.71. The summed E-state index contributed by atoms with van der Waals surface area (Å²) in [6.07, 6.45) is 0.423. The van der Waals surface area contributed by atoms with Gasteiger partial charge in [0.15, 0.2) is 5.78 Å². The van der Waals surface area contributed by atoms with Gasteiger partial charge in [-0.25, -0.2) is 0 Å². The van der Waals surface area contributed by atoms with Crippen LogP contribution < -0.4 is 0 Å². The van der Waals surface area contributed by atoms with E-state index < -0.39 is 5.54 Å². The highest BCUT2D eigenvalue weighted by Gasteiger charge is 2.35. The number of rotatable bonds is 6. The van der Waals surface area contributed by atoms with Crippen LogP contribution in [0.2, 0.25) is 0 Å². The zero-order valence-corrected chi connectivity index (χ0v) is 14.0. The van der Waals surface area contributed by atoms with Gasteiger partial charge >= 0.3 is 0 Å². The summed E-state index contributed by atoms with van der Waals surface area (Å²) in [6.45, 7) is 7.94. The van der Waals surface area contributed by atoms with Crippen molar-refractivity contribution in [1.29, 1.82) is 0 Å². The smallest absolute Gasteiger partial charge is 0.182 e. The summed E-state index contributed by atoms with van der Waals surface area (Å²) in [5.74, 6) is 1.17. The van der Waals surface area contributed by atoms with E-state index in [0.717, 1.165) is 31.0 Å². The van der Waals surface area contributed by atoms with E-state index in [4.69, 9.17) is 9.47 Å². The Hall–Kier alpha value is -0.880. The van der Waals surface area contributed by atoms with Crippen molar-refractivity contribution in [1.82, 2.24) is 4.90 Å². The first-order chi connectivity index (χ1) is 10.6. The van der Waals surface area contributed by atoms with Crippen LogP contribution in [-0.4, -0.2) is 61.0 Å². The highest BCUT2D eigenvalue weighted by Crippen LogP contribution is 2.26. The molecule has 2 fully saturated rings. The minimum absolute atomic E-state index is 0.177. The lowest BCUT2D eigenvalue weighted by molar-refractivity contribution is -0.00430. The van der Waals surface area contributed by atoms with Crippen LogP contribution in [0.25, 0.3) is 0 Å². The first kappa shape index (κ1) is 16.0. The predicted molar refractivity (Wildman–Crippen MR) is 87.7 cm³/mol. The molecule has 2 aliphatic heterocycles. The van der Waals surface area contributed by atoms with Crippen LogP contribution in [-0.2, 0) is 9.47 Å². The van der Waals surface area contributed by atoms with Gasteiger partial charge in [0.1, 0.15) is 0 Å². The summed E-state index contributed by atoms with van der Waals surface area (Å²) in [6, 6.07) is 7.96. The second-order valence-corrected chi connectivity index (χ2v) is 7.37. The monoisotopic (exact) mass is 321 g/mol. The molecule has 2 heterocycles. The maximum Gasteiger partial charge on any atom is 0.182 e. The second kappa shape index (κ2) is 6.71. The van der Waals surface area contributed by atoms with Crippen LogP contribution in [0.4, 0.5) is 0 Å². The zero-order valence-electron chi connectivity index (χ0n) is 13.2. The molecule has 0 aromatic heterocycles. The zero-order chi connectivity index (χ0) is 15.6. The third-order valence-corrected chi connectivity index (χ3v) is 5.46. The largest absolute Gasteiger partial charge is 0.379 e. The van der Waals surface area contributed by atoms with E-state index in [9.17, 15) is 4.79 Å². The van der Waals surface area contributed by atoms with E-state index in [1.807, 2.05) is 38.1 Å². The van der Waals surface area contributed by atoms with Crippen LogP contribution in [0.15, 0.2) is 29.2 Å². The molecule has 3 rings (SSSR count). The Morgan fingerprint density at radius 2 is 1.91 bits per heavy atom. The Morgan fingerprint density at radius 1 is 1.27 bits per heavy atom. The van der Waals surface area contributed by atoms with Crippen LogP contribution in [0.1, 0.15) is 24.2 Å². The van der Waals surface area contributed by atoms with Crippen molar-refractivity contribution in [2.75, 3.05) is 38.7 Å². The third-order valence-electron chi connectivity index (χ3n) is 4.31. The molecule has 4 nitrogen and oxygen atoms in total. The summed E-state index contributed by atoms with van der Waals surface area (Å²) in [5.41, 5.74) is 0.295. The minimum Gasteiger partial charge on any atom is -0.379 e. The van der Waals surface area contributed by atoms with Crippen molar-refractivity contribution in [2.45, 2.75) is 30.4 Å². The SMILES string of the molecule is CC(C)(C(=O)c1ccc(SCC2CO2)cc1)N1CCOCC1. The molecular weight excluding hydrogens is 298 g/mol. The Bertz CT molecular complexity index is 519. The number of nitrogens with zero attached hydrogens (tertiary/aromatic N) is 1. The van der Waals surface area contributed by atoms with E-state index in [-0.39, 0.29) is 5.78 Å². The molecule has 0 radical (unpaired) electrons. The maximum absolute atomic E-state index is 12.8. The number of ketones is 1. The predicted octanol–water partition coefficient (Wildman–Crippen LogP) is 2.47. The molecule has 0 spiro atoms. The van der Waals surface area contributed by atoms with Gasteiger partial charge < -0.3 is 9.47 Å². The molecular formula is C17H23NO3S. The number of epoxide rings is 1.